The fourth-order valence-corrected chi connectivity index (χ4v) is 1.74. The van der Waals surface area contributed by atoms with Gasteiger partial charge in [0, 0.05) is 24.2 Å². The molecule has 1 aromatic carbocycles. The Kier molecular flexibility index (Phi) is 3.88. The fraction of sp³-hybridized carbons (Fsp3) is 0.231. The number of nitrogens with zero attached hydrogens (tertiary/aromatic N) is 2. The molecule has 0 fully saturated rings. The Hall–Kier alpha value is -2.90. The summed E-state index contributed by atoms with van der Waals surface area (Å²) in [5, 5.41) is 19.9. The Bertz CT molecular complexity index is 708. The second-order valence-electron chi connectivity index (χ2n) is 4.42. The minimum absolute atomic E-state index is 0.161. The van der Waals surface area contributed by atoms with E-state index in [4.69, 9.17) is 4.52 Å². The standard InChI is InChI=1S/C13H14N4O4/c1-7-8(2)16-21-13(7)15-12(18)9-4-5-10(14-3)11(6-9)17(19)20/h4-6,14H,1-3H3,(H,15,18). The van der Waals surface area contributed by atoms with Crippen LogP contribution < -0.4 is 10.6 Å². The maximum absolute atomic E-state index is 12.1. The molecule has 0 saturated carbocycles. The van der Waals surface area contributed by atoms with Crippen LogP contribution in [0.2, 0.25) is 0 Å². The van der Waals surface area contributed by atoms with Crippen molar-refractivity contribution in [1.82, 2.24) is 5.16 Å². The molecule has 2 aromatic rings. The molecule has 0 saturated heterocycles. The number of nitro groups is 1. The van der Waals surface area contributed by atoms with Crippen molar-refractivity contribution in [2.45, 2.75) is 13.8 Å². The van der Waals surface area contributed by atoms with Crippen molar-refractivity contribution < 1.29 is 14.2 Å². The number of nitrogens with one attached hydrogen (secondary N) is 2. The van der Waals surface area contributed by atoms with Gasteiger partial charge in [0.05, 0.1) is 10.6 Å². The lowest BCUT2D eigenvalue weighted by atomic mass is 10.1. The van der Waals surface area contributed by atoms with Gasteiger partial charge in [0.15, 0.2) is 0 Å². The van der Waals surface area contributed by atoms with E-state index >= 15 is 0 Å². The number of benzene rings is 1. The van der Waals surface area contributed by atoms with Crippen molar-refractivity contribution >= 4 is 23.2 Å². The lowest BCUT2D eigenvalue weighted by Crippen LogP contribution is -2.12. The third kappa shape index (κ3) is 2.83. The van der Waals surface area contributed by atoms with Crippen molar-refractivity contribution in [2.24, 2.45) is 0 Å². The van der Waals surface area contributed by atoms with Crippen LogP contribution in [-0.4, -0.2) is 23.0 Å². The van der Waals surface area contributed by atoms with Gasteiger partial charge in [-0.2, -0.15) is 0 Å². The van der Waals surface area contributed by atoms with Crippen molar-refractivity contribution in [3.8, 4) is 0 Å². The van der Waals surface area contributed by atoms with Gasteiger partial charge >= 0.3 is 0 Å². The first-order valence-corrected chi connectivity index (χ1v) is 6.14. The quantitative estimate of drug-likeness (QED) is 0.661. The zero-order chi connectivity index (χ0) is 15.6. The van der Waals surface area contributed by atoms with Crippen LogP contribution in [0.3, 0.4) is 0 Å². The highest BCUT2D eigenvalue weighted by atomic mass is 16.6. The Morgan fingerprint density at radius 2 is 2.10 bits per heavy atom. The van der Waals surface area contributed by atoms with Crippen molar-refractivity contribution in [2.75, 3.05) is 17.7 Å². The van der Waals surface area contributed by atoms with Gasteiger partial charge in [0.2, 0.25) is 5.88 Å². The molecule has 0 radical (unpaired) electrons. The molecular formula is C13H14N4O4. The van der Waals surface area contributed by atoms with Crippen LogP contribution in [0.25, 0.3) is 0 Å². The van der Waals surface area contributed by atoms with Crippen molar-refractivity contribution in [1.29, 1.82) is 0 Å². The highest BCUT2D eigenvalue weighted by molar-refractivity contribution is 6.04. The molecule has 2 N–H and O–H groups in total. The molecule has 1 heterocycles. The molecule has 1 aromatic heterocycles. The third-order valence-electron chi connectivity index (χ3n) is 3.11. The van der Waals surface area contributed by atoms with Crippen LogP contribution in [0, 0.1) is 24.0 Å². The Morgan fingerprint density at radius 3 is 2.62 bits per heavy atom. The molecule has 0 aliphatic carbocycles. The summed E-state index contributed by atoms with van der Waals surface area (Å²) in [6.07, 6.45) is 0. The van der Waals surface area contributed by atoms with Gasteiger partial charge in [-0.25, -0.2) is 0 Å². The zero-order valence-corrected chi connectivity index (χ0v) is 11.8. The smallest absolute Gasteiger partial charge is 0.293 e. The highest BCUT2D eigenvalue weighted by Crippen LogP contribution is 2.26. The lowest BCUT2D eigenvalue weighted by Gasteiger charge is -2.05. The van der Waals surface area contributed by atoms with Crippen LogP contribution in [-0.2, 0) is 0 Å². The number of anilines is 2. The zero-order valence-electron chi connectivity index (χ0n) is 11.8. The Labute approximate surface area is 120 Å². The maximum atomic E-state index is 12.1. The first-order valence-electron chi connectivity index (χ1n) is 6.14. The Morgan fingerprint density at radius 1 is 1.38 bits per heavy atom. The number of aromatic nitrogens is 1. The number of nitro benzene ring substituents is 1. The van der Waals surface area contributed by atoms with Crippen LogP contribution >= 0.6 is 0 Å². The summed E-state index contributed by atoms with van der Waals surface area (Å²) in [5.74, 6) is -0.266. The maximum Gasteiger partial charge on any atom is 0.293 e. The van der Waals surface area contributed by atoms with E-state index < -0.39 is 10.8 Å². The molecule has 0 aliphatic rings. The van der Waals surface area contributed by atoms with E-state index in [1.807, 2.05) is 0 Å². The van der Waals surface area contributed by atoms with E-state index in [1.54, 1.807) is 20.9 Å². The first kappa shape index (κ1) is 14.5. The van der Waals surface area contributed by atoms with Crippen LogP contribution in [0.15, 0.2) is 22.7 Å². The van der Waals surface area contributed by atoms with E-state index in [-0.39, 0.29) is 17.1 Å². The highest BCUT2D eigenvalue weighted by Gasteiger charge is 2.18. The van der Waals surface area contributed by atoms with Crippen LogP contribution in [0.4, 0.5) is 17.3 Å². The molecule has 8 nitrogen and oxygen atoms in total. The van der Waals surface area contributed by atoms with Crippen molar-refractivity contribution in [3.05, 3.63) is 45.1 Å². The molecule has 0 spiro atoms. The average molecular weight is 290 g/mol. The summed E-state index contributed by atoms with van der Waals surface area (Å²) in [5.41, 5.74) is 1.71. The lowest BCUT2D eigenvalue weighted by molar-refractivity contribution is -0.384. The molecule has 1 amide bonds. The van der Waals surface area contributed by atoms with Gasteiger partial charge in [-0.3, -0.25) is 20.2 Å². The number of amides is 1. The third-order valence-corrected chi connectivity index (χ3v) is 3.11. The largest absolute Gasteiger partial charge is 0.383 e. The summed E-state index contributed by atoms with van der Waals surface area (Å²) >= 11 is 0. The SMILES string of the molecule is CNc1ccc(C(=O)Nc2onc(C)c2C)cc1[N+](=O)[O-]. The number of carbonyl (C=O) groups excluding carboxylic acids is 1. The number of hydrogen-bond acceptors (Lipinski definition) is 6. The summed E-state index contributed by atoms with van der Waals surface area (Å²) in [6, 6.07) is 4.18. The van der Waals surface area contributed by atoms with Gasteiger partial charge in [-0.1, -0.05) is 5.16 Å². The van der Waals surface area contributed by atoms with Gasteiger partial charge in [-0.15, -0.1) is 0 Å². The van der Waals surface area contributed by atoms with Crippen LogP contribution in [0.1, 0.15) is 21.6 Å². The Balaban J connectivity index is 2.29. The molecule has 0 bridgehead atoms. The molecule has 0 unspecified atom stereocenters. The number of carbonyl (C=O) groups is 1. The summed E-state index contributed by atoms with van der Waals surface area (Å²) < 4.78 is 4.98. The van der Waals surface area contributed by atoms with Crippen LogP contribution in [0.5, 0.6) is 0 Å². The number of aryl methyl sites for hydroxylation is 1. The summed E-state index contributed by atoms with van der Waals surface area (Å²) in [4.78, 5) is 22.5. The van der Waals surface area contributed by atoms with E-state index in [1.165, 1.54) is 18.2 Å². The van der Waals surface area contributed by atoms with Gasteiger partial charge < -0.3 is 9.84 Å². The normalized spacial score (nSPS) is 10.2. The van der Waals surface area contributed by atoms with E-state index in [9.17, 15) is 14.9 Å². The molecule has 0 atom stereocenters. The number of rotatable bonds is 4. The van der Waals surface area contributed by atoms with E-state index in [0.717, 1.165) is 0 Å². The second kappa shape index (κ2) is 5.61. The first-order chi connectivity index (χ1) is 9.93. The predicted octanol–water partition coefficient (Wildman–Crippen LogP) is 2.49. The summed E-state index contributed by atoms with van der Waals surface area (Å²) in [7, 11) is 1.57. The van der Waals surface area contributed by atoms with Gasteiger partial charge in [0.25, 0.3) is 11.6 Å². The molecule has 8 heteroatoms. The number of hydrogen-bond donors (Lipinski definition) is 2. The van der Waals surface area contributed by atoms with Gasteiger partial charge in [-0.05, 0) is 26.0 Å². The monoisotopic (exact) mass is 290 g/mol. The second-order valence-corrected chi connectivity index (χ2v) is 4.42. The molecular weight excluding hydrogens is 276 g/mol. The molecule has 110 valence electrons. The van der Waals surface area contributed by atoms with E-state index in [0.29, 0.717) is 16.9 Å². The topological polar surface area (TPSA) is 110 Å². The summed E-state index contributed by atoms with van der Waals surface area (Å²) in [6.45, 7) is 3.51. The molecule has 21 heavy (non-hydrogen) atoms. The molecule has 0 aliphatic heterocycles. The predicted molar refractivity (Wildman–Crippen MR) is 76.6 cm³/mol. The van der Waals surface area contributed by atoms with E-state index in [2.05, 4.69) is 15.8 Å². The fourth-order valence-electron chi connectivity index (χ4n) is 1.74. The van der Waals surface area contributed by atoms with Gasteiger partial charge in [0.1, 0.15) is 5.69 Å². The average Bonchev–Trinajstić information content (AvgIpc) is 2.78. The van der Waals surface area contributed by atoms with Crippen molar-refractivity contribution in [3.63, 3.8) is 0 Å². The minimum Gasteiger partial charge on any atom is -0.383 e. The minimum atomic E-state index is -0.549. The molecule has 2 rings (SSSR count).